The number of ether oxygens (including phenoxy) is 1. The molecule has 2 aliphatic rings. The fourth-order valence-electron chi connectivity index (χ4n) is 4.59. The summed E-state index contributed by atoms with van der Waals surface area (Å²) in [5.74, 6) is -0.281. The van der Waals surface area contributed by atoms with Gasteiger partial charge < -0.3 is 19.9 Å². The summed E-state index contributed by atoms with van der Waals surface area (Å²) in [6.07, 6.45) is 7.68. The highest BCUT2D eigenvalue weighted by atomic mass is 16.5. The second-order valence-corrected chi connectivity index (χ2v) is 7.50. The number of carbonyl (C=O) groups is 1. The molecule has 1 aromatic carbocycles. The normalized spacial score (nSPS) is 19.1. The zero-order chi connectivity index (χ0) is 17.9. The first-order valence-electron chi connectivity index (χ1n) is 10.0. The maximum absolute atomic E-state index is 12.0. The minimum atomic E-state index is -0.281. The third kappa shape index (κ3) is 3.45. The summed E-state index contributed by atoms with van der Waals surface area (Å²) in [5, 5.41) is 4.57. The molecule has 2 N–H and O–H groups in total. The number of nitrogens with zero attached hydrogens (tertiary/aromatic N) is 1. The summed E-state index contributed by atoms with van der Waals surface area (Å²) in [6, 6.07) is 9.75. The van der Waals surface area contributed by atoms with Crippen LogP contribution in [0.2, 0.25) is 0 Å². The van der Waals surface area contributed by atoms with Crippen molar-refractivity contribution in [2.24, 2.45) is 0 Å². The van der Waals surface area contributed by atoms with Gasteiger partial charge in [0.15, 0.2) is 0 Å². The fourth-order valence-corrected chi connectivity index (χ4v) is 4.59. The molecule has 0 amide bonds. The Morgan fingerprint density at radius 1 is 1.12 bits per heavy atom. The van der Waals surface area contributed by atoms with E-state index in [1.54, 1.807) is 0 Å². The Hall–Kier alpha value is -2.01. The van der Waals surface area contributed by atoms with Crippen molar-refractivity contribution in [3.8, 4) is 0 Å². The molecule has 26 heavy (non-hydrogen) atoms. The number of H-pyrrole nitrogens is 1. The Morgan fingerprint density at radius 2 is 1.85 bits per heavy atom. The molecule has 1 aliphatic carbocycles. The lowest BCUT2D eigenvalue weighted by molar-refractivity contribution is 0.0520. The first-order valence-corrected chi connectivity index (χ1v) is 10.0. The number of esters is 1. The van der Waals surface area contributed by atoms with Gasteiger partial charge in [0.1, 0.15) is 5.69 Å². The van der Waals surface area contributed by atoms with Crippen LogP contribution < -0.4 is 10.2 Å². The van der Waals surface area contributed by atoms with Crippen molar-refractivity contribution in [2.45, 2.75) is 57.5 Å². The van der Waals surface area contributed by atoms with Crippen LogP contribution in [0.5, 0.6) is 0 Å². The number of piperidine rings is 1. The number of aromatic nitrogens is 1. The van der Waals surface area contributed by atoms with E-state index in [9.17, 15) is 4.79 Å². The summed E-state index contributed by atoms with van der Waals surface area (Å²) >= 11 is 0. The lowest BCUT2D eigenvalue weighted by Crippen LogP contribution is -2.47. The summed E-state index contributed by atoms with van der Waals surface area (Å²) in [7, 11) is 0. The smallest absolute Gasteiger partial charge is 0.354 e. The topological polar surface area (TPSA) is 57.4 Å². The summed E-state index contributed by atoms with van der Waals surface area (Å²) < 4.78 is 5.12. The quantitative estimate of drug-likeness (QED) is 0.800. The Labute approximate surface area is 155 Å². The number of fused-ring (bicyclic) bond motifs is 1. The average molecular weight is 355 g/mol. The molecule has 140 valence electrons. The second-order valence-electron chi connectivity index (χ2n) is 7.50. The number of benzene rings is 1. The number of hydrogen-bond acceptors (Lipinski definition) is 4. The molecule has 1 saturated heterocycles. The molecule has 1 aliphatic heterocycles. The van der Waals surface area contributed by atoms with E-state index in [1.807, 2.05) is 13.0 Å². The van der Waals surface area contributed by atoms with Crippen LogP contribution >= 0.6 is 0 Å². The number of hydrogen-bond donors (Lipinski definition) is 2. The molecular formula is C21H29N3O2. The van der Waals surface area contributed by atoms with Crippen molar-refractivity contribution in [2.75, 3.05) is 24.6 Å². The average Bonchev–Trinajstić information content (AvgIpc) is 3.32. The van der Waals surface area contributed by atoms with Gasteiger partial charge >= 0.3 is 5.97 Å². The van der Waals surface area contributed by atoms with Crippen molar-refractivity contribution in [1.29, 1.82) is 0 Å². The second kappa shape index (κ2) is 7.70. The zero-order valence-corrected chi connectivity index (χ0v) is 15.6. The van der Waals surface area contributed by atoms with Gasteiger partial charge in [0.25, 0.3) is 0 Å². The minimum Gasteiger partial charge on any atom is -0.461 e. The van der Waals surface area contributed by atoms with Gasteiger partial charge in [-0.25, -0.2) is 4.79 Å². The number of aromatic amines is 1. The van der Waals surface area contributed by atoms with Gasteiger partial charge in [-0.3, -0.25) is 0 Å². The van der Waals surface area contributed by atoms with Gasteiger partial charge in [-0.2, -0.15) is 0 Å². The molecule has 0 bridgehead atoms. The highest BCUT2D eigenvalue weighted by Gasteiger charge is 2.30. The molecule has 1 aromatic heterocycles. The van der Waals surface area contributed by atoms with E-state index in [0.717, 1.165) is 24.0 Å². The summed E-state index contributed by atoms with van der Waals surface area (Å²) in [4.78, 5) is 17.9. The monoisotopic (exact) mass is 355 g/mol. The van der Waals surface area contributed by atoms with Crippen LogP contribution in [0.1, 0.15) is 55.9 Å². The van der Waals surface area contributed by atoms with Crippen molar-refractivity contribution in [3.63, 3.8) is 0 Å². The third-order valence-electron chi connectivity index (χ3n) is 5.82. The minimum absolute atomic E-state index is 0.281. The lowest BCUT2D eigenvalue weighted by atomic mass is 10.00. The van der Waals surface area contributed by atoms with Gasteiger partial charge in [0.05, 0.1) is 6.61 Å². The van der Waals surface area contributed by atoms with E-state index in [4.69, 9.17) is 4.74 Å². The first-order chi connectivity index (χ1) is 12.8. The van der Waals surface area contributed by atoms with E-state index < -0.39 is 0 Å². The van der Waals surface area contributed by atoms with E-state index in [2.05, 4.69) is 33.4 Å². The molecule has 5 nitrogen and oxygen atoms in total. The molecule has 1 saturated carbocycles. The Bertz CT molecular complexity index is 758. The summed E-state index contributed by atoms with van der Waals surface area (Å²) in [6.45, 7) is 4.43. The van der Waals surface area contributed by atoms with Gasteiger partial charge in [-0.1, -0.05) is 12.8 Å². The Kier molecular flexibility index (Phi) is 5.16. The SMILES string of the molecule is CCOC(=O)c1cc2cc(N(C3CCCC3)C3CCNCC3)ccc2[nH]1. The maximum Gasteiger partial charge on any atom is 0.354 e. The van der Waals surface area contributed by atoms with Crippen molar-refractivity contribution in [1.82, 2.24) is 10.3 Å². The number of nitrogens with one attached hydrogen (secondary N) is 2. The van der Waals surface area contributed by atoms with Gasteiger partial charge in [0.2, 0.25) is 0 Å². The predicted octanol–water partition coefficient (Wildman–Crippen LogP) is 3.85. The third-order valence-corrected chi connectivity index (χ3v) is 5.82. The fraction of sp³-hybridized carbons (Fsp3) is 0.571. The van der Waals surface area contributed by atoms with Crippen LogP contribution in [0.25, 0.3) is 10.9 Å². The van der Waals surface area contributed by atoms with Crippen LogP contribution in [0.3, 0.4) is 0 Å². The molecule has 0 radical (unpaired) electrons. The highest BCUT2D eigenvalue weighted by molar-refractivity contribution is 5.95. The maximum atomic E-state index is 12.0. The summed E-state index contributed by atoms with van der Waals surface area (Å²) in [5.41, 5.74) is 2.83. The lowest BCUT2D eigenvalue weighted by Gasteiger charge is -2.41. The molecular weight excluding hydrogens is 326 g/mol. The van der Waals surface area contributed by atoms with E-state index >= 15 is 0 Å². The van der Waals surface area contributed by atoms with Crippen molar-refractivity contribution in [3.05, 3.63) is 30.0 Å². The Balaban J connectivity index is 1.66. The van der Waals surface area contributed by atoms with Crippen molar-refractivity contribution < 1.29 is 9.53 Å². The molecule has 2 fully saturated rings. The molecule has 0 unspecified atom stereocenters. The highest BCUT2D eigenvalue weighted by Crippen LogP contribution is 2.34. The molecule has 0 spiro atoms. The largest absolute Gasteiger partial charge is 0.461 e. The predicted molar refractivity (Wildman–Crippen MR) is 105 cm³/mol. The van der Waals surface area contributed by atoms with Gasteiger partial charge in [-0.15, -0.1) is 0 Å². The molecule has 4 rings (SSSR count). The molecule has 2 aromatic rings. The van der Waals surface area contributed by atoms with Crippen LogP contribution in [-0.2, 0) is 4.74 Å². The zero-order valence-electron chi connectivity index (χ0n) is 15.6. The van der Waals surface area contributed by atoms with Gasteiger partial charge in [-0.05, 0) is 70.0 Å². The van der Waals surface area contributed by atoms with E-state index in [1.165, 1.54) is 44.2 Å². The van der Waals surface area contributed by atoms with Crippen LogP contribution in [0, 0.1) is 0 Å². The molecule has 5 heteroatoms. The van der Waals surface area contributed by atoms with E-state index in [-0.39, 0.29) is 5.97 Å². The number of rotatable bonds is 5. The van der Waals surface area contributed by atoms with Crippen LogP contribution in [-0.4, -0.2) is 42.7 Å². The van der Waals surface area contributed by atoms with Crippen LogP contribution in [0.15, 0.2) is 24.3 Å². The van der Waals surface area contributed by atoms with E-state index in [0.29, 0.717) is 24.4 Å². The standard InChI is InChI=1S/C21H29N3O2/c1-2-26-21(25)20-14-15-13-18(7-8-19(15)23-20)24(16-5-3-4-6-16)17-9-11-22-12-10-17/h7-8,13-14,16-17,22-23H,2-6,9-12H2,1H3. The van der Waals surface area contributed by atoms with Crippen LogP contribution in [0.4, 0.5) is 5.69 Å². The molecule has 0 atom stereocenters. The molecule has 2 heterocycles. The first kappa shape index (κ1) is 17.4. The number of carbonyl (C=O) groups excluding carboxylic acids is 1. The Morgan fingerprint density at radius 3 is 2.58 bits per heavy atom. The van der Waals surface area contributed by atoms with Gasteiger partial charge in [0, 0.05) is 28.7 Å². The number of anilines is 1. The van der Waals surface area contributed by atoms with Crippen molar-refractivity contribution >= 4 is 22.6 Å².